The standard InChI is InChI=1S/C13H19N3O3/c1-16(2)12(17)6-7-15-13(18)10-5-4-9(14)8-11(10)19-3/h4-5,8H,6-7,14H2,1-3H3,(H,15,18). The summed E-state index contributed by atoms with van der Waals surface area (Å²) in [6.45, 7) is 0.281. The van der Waals surface area contributed by atoms with Crippen molar-refractivity contribution in [3.63, 3.8) is 0 Å². The molecule has 0 heterocycles. The minimum Gasteiger partial charge on any atom is -0.496 e. The van der Waals surface area contributed by atoms with Crippen LogP contribution < -0.4 is 15.8 Å². The third-order valence-electron chi connectivity index (χ3n) is 2.59. The molecule has 0 spiro atoms. The lowest BCUT2D eigenvalue weighted by atomic mass is 10.1. The highest BCUT2D eigenvalue weighted by atomic mass is 16.5. The predicted octanol–water partition coefficient (Wildman–Crippen LogP) is 0.486. The van der Waals surface area contributed by atoms with Crippen molar-refractivity contribution < 1.29 is 14.3 Å². The number of anilines is 1. The zero-order valence-corrected chi connectivity index (χ0v) is 11.4. The Morgan fingerprint density at radius 3 is 2.63 bits per heavy atom. The number of hydrogen-bond donors (Lipinski definition) is 2. The van der Waals surface area contributed by atoms with E-state index in [1.54, 1.807) is 32.3 Å². The van der Waals surface area contributed by atoms with E-state index < -0.39 is 0 Å². The van der Waals surface area contributed by atoms with Gasteiger partial charge in [-0.15, -0.1) is 0 Å². The first kappa shape index (κ1) is 14.8. The van der Waals surface area contributed by atoms with Gasteiger partial charge in [-0.2, -0.15) is 0 Å². The number of methoxy groups -OCH3 is 1. The van der Waals surface area contributed by atoms with Crippen molar-refractivity contribution in [3.8, 4) is 5.75 Å². The number of nitrogen functional groups attached to an aromatic ring is 1. The van der Waals surface area contributed by atoms with Gasteiger partial charge in [-0.1, -0.05) is 0 Å². The van der Waals surface area contributed by atoms with Gasteiger partial charge < -0.3 is 20.7 Å². The molecule has 0 aliphatic heterocycles. The summed E-state index contributed by atoms with van der Waals surface area (Å²) in [5, 5.41) is 2.67. The molecule has 104 valence electrons. The van der Waals surface area contributed by atoms with Gasteiger partial charge in [0.25, 0.3) is 5.91 Å². The first-order valence-electron chi connectivity index (χ1n) is 5.87. The Labute approximate surface area is 112 Å². The van der Waals surface area contributed by atoms with Crippen LogP contribution in [0.15, 0.2) is 18.2 Å². The van der Waals surface area contributed by atoms with E-state index in [0.29, 0.717) is 17.0 Å². The summed E-state index contributed by atoms with van der Waals surface area (Å²) in [7, 11) is 4.82. The molecule has 0 fully saturated rings. The third kappa shape index (κ3) is 4.17. The quantitative estimate of drug-likeness (QED) is 0.759. The summed E-state index contributed by atoms with van der Waals surface area (Å²) in [5.41, 5.74) is 6.54. The summed E-state index contributed by atoms with van der Waals surface area (Å²) in [6.07, 6.45) is 0.260. The molecule has 0 aromatic heterocycles. The smallest absolute Gasteiger partial charge is 0.255 e. The third-order valence-corrected chi connectivity index (χ3v) is 2.59. The Morgan fingerprint density at radius 2 is 2.05 bits per heavy atom. The van der Waals surface area contributed by atoms with Gasteiger partial charge in [-0.25, -0.2) is 0 Å². The highest BCUT2D eigenvalue weighted by molar-refractivity contribution is 5.97. The number of amides is 2. The minimum absolute atomic E-state index is 0.0374. The van der Waals surface area contributed by atoms with Crippen molar-refractivity contribution in [2.75, 3.05) is 33.5 Å². The molecule has 0 unspecified atom stereocenters. The Morgan fingerprint density at radius 1 is 1.37 bits per heavy atom. The number of benzene rings is 1. The Balaban J connectivity index is 2.61. The lowest BCUT2D eigenvalue weighted by Crippen LogP contribution is -2.30. The van der Waals surface area contributed by atoms with E-state index in [1.165, 1.54) is 12.0 Å². The maximum atomic E-state index is 11.9. The molecule has 2 amide bonds. The molecule has 0 atom stereocenters. The Hall–Kier alpha value is -2.24. The van der Waals surface area contributed by atoms with Crippen molar-refractivity contribution in [2.45, 2.75) is 6.42 Å². The van der Waals surface area contributed by atoms with Gasteiger partial charge in [0.2, 0.25) is 5.91 Å². The first-order chi connectivity index (χ1) is 8.95. The molecule has 0 aliphatic rings. The summed E-state index contributed by atoms with van der Waals surface area (Å²) in [5.74, 6) is 0.0874. The first-order valence-corrected chi connectivity index (χ1v) is 5.87. The van der Waals surface area contributed by atoms with Gasteiger partial charge >= 0.3 is 0 Å². The van der Waals surface area contributed by atoms with Crippen molar-refractivity contribution >= 4 is 17.5 Å². The van der Waals surface area contributed by atoms with Crippen LogP contribution in [0.25, 0.3) is 0 Å². The van der Waals surface area contributed by atoms with Crippen LogP contribution in [-0.2, 0) is 4.79 Å². The van der Waals surface area contributed by atoms with Crippen LogP contribution in [0.4, 0.5) is 5.69 Å². The van der Waals surface area contributed by atoms with Crippen LogP contribution >= 0.6 is 0 Å². The van der Waals surface area contributed by atoms with Crippen LogP contribution in [0.3, 0.4) is 0 Å². The highest BCUT2D eigenvalue weighted by Gasteiger charge is 2.12. The Bertz CT molecular complexity index is 472. The predicted molar refractivity (Wildman–Crippen MR) is 73.1 cm³/mol. The molecule has 1 aromatic carbocycles. The SMILES string of the molecule is COc1cc(N)ccc1C(=O)NCCC(=O)N(C)C. The molecular formula is C13H19N3O3. The maximum Gasteiger partial charge on any atom is 0.255 e. The number of ether oxygens (including phenoxy) is 1. The topological polar surface area (TPSA) is 84.7 Å². The molecule has 0 radical (unpaired) electrons. The molecule has 0 aliphatic carbocycles. The fraction of sp³-hybridized carbons (Fsp3) is 0.385. The fourth-order valence-corrected chi connectivity index (χ4v) is 1.50. The number of carbonyl (C=O) groups is 2. The number of hydrogen-bond acceptors (Lipinski definition) is 4. The summed E-state index contributed by atoms with van der Waals surface area (Å²) < 4.78 is 5.10. The molecule has 19 heavy (non-hydrogen) atoms. The van der Waals surface area contributed by atoms with Crippen molar-refractivity contribution in [1.82, 2.24) is 10.2 Å². The molecule has 0 saturated heterocycles. The van der Waals surface area contributed by atoms with E-state index in [1.807, 2.05) is 0 Å². The molecule has 6 nitrogen and oxygen atoms in total. The summed E-state index contributed by atoms with van der Waals surface area (Å²) in [6, 6.07) is 4.81. The van der Waals surface area contributed by atoms with Gasteiger partial charge in [0.1, 0.15) is 5.75 Å². The van der Waals surface area contributed by atoms with Crippen LogP contribution in [-0.4, -0.2) is 44.5 Å². The largest absolute Gasteiger partial charge is 0.496 e. The van der Waals surface area contributed by atoms with Gasteiger partial charge in [0, 0.05) is 38.8 Å². The van der Waals surface area contributed by atoms with Crippen molar-refractivity contribution in [2.24, 2.45) is 0 Å². The average Bonchev–Trinajstić information content (AvgIpc) is 2.37. The van der Waals surface area contributed by atoms with Gasteiger partial charge in [-0.3, -0.25) is 9.59 Å². The number of carbonyl (C=O) groups excluding carboxylic acids is 2. The van der Waals surface area contributed by atoms with Crippen LogP contribution in [0.1, 0.15) is 16.8 Å². The number of nitrogens with two attached hydrogens (primary N) is 1. The minimum atomic E-state index is -0.289. The van der Waals surface area contributed by atoms with Crippen molar-refractivity contribution in [3.05, 3.63) is 23.8 Å². The number of nitrogens with one attached hydrogen (secondary N) is 1. The second-order valence-corrected chi connectivity index (χ2v) is 4.25. The Kier molecular flexibility index (Phi) is 5.17. The second-order valence-electron chi connectivity index (χ2n) is 4.25. The number of rotatable bonds is 5. The molecular weight excluding hydrogens is 246 g/mol. The molecule has 1 rings (SSSR count). The second kappa shape index (κ2) is 6.63. The van der Waals surface area contributed by atoms with E-state index in [0.717, 1.165) is 0 Å². The van der Waals surface area contributed by atoms with Crippen LogP contribution in [0.5, 0.6) is 5.75 Å². The monoisotopic (exact) mass is 265 g/mol. The number of nitrogens with zero attached hydrogens (tertiary/aromatic N) is 1. The molecule has 0 saturated carbocycles. The van der Waals surface area contributed by atoms with Gasteiger partial charge in [0.15, 0.2) is 0 Å². The zero-order chi connectivity index (χ0) is 14.4. The molecule has 0 bridgehead atoms. The van der Waals surface area contributed by atoms with Gasteiger partial charge in [-0.05, 0) is 12.1 Å². The van der Waals surface area contributed by atoms with E-state index in [9.17, 15) is 9.59 Å². The molecule has 3 N–H and O–H groups in total. The summed E-state index contributed by atoms with van der Waals surface area (Å²) in [4.78, 5) is 24.8. The van der Waals surface area contributed by atoms with Crippen molar-refractivity contribution in [1.29, 1.82) is 0 Å². The van der Waals surface area contributed by atoms with Crippen LogP contribution in [0, 0.1) is 0 Å². The van der Waals surface area contributed by atoms with E-state index in [4.69, 9.17) is 10.5 Å². The van der Waals surface area contributed by atoms with E-state index in [2.05, 4.69) is 5.32 Å². The normalized spacial score (nSPS) is 9.84. The molecule has 1 aromatic rings. The average molecular weight is 265 g/mol. The van der Waals surface area contributed by atoms with E-state index in [-0.39, 0.29) is 24.8 Å². The summed E-state index contributed by atoms with van der Waals surface area (Å²) >= 11 is 0. The van der Waals surface area contributed by atoms with Crippen LogP contribution in [0.2, 0.25) is 0 Å². The van der Waals surface area contributed by atoms with Gasteiger partial charge in [0.05, 0.1) is 12.7 Å². The zero-order valence-electron chi connectivity index (χ0n) is 11.4. The lowest BCUT2D eigenvalue weighted by Gasteiger charge is -2.12. The molecule has 6 heteroatoms. The maximum absolute atomic E-state index is 11.9. The lowest BCUT2D eigenvalue weighted by molar-refractivity contribution is -0.128. The van der Waals surface area contributed by atoms with E-state index >= 15 is 0 Å². The fourth-order valence-electron chi connectivity index (χ4n) is 1.50. The highest BCUT2D eigenvalue weighted by Crippen LogP contribution is 2.21.